The first-order chi connectivity index (χ1) is 13.6. The molecule has 0 atom stereocenters. The molecule has 1 saturated heterocycles. The molecular formula is C21H23FN4O2. The molecule has 1 aromatic heterocycles. The number of aromatic nitrogens is 1. The number of benzene rings is 1. The minimum atomic E-state index is -0.255. The van der Waals surface area contributed by atoms with Gasteiger partial charge in [0.05, 0.1) is 5.69 Å². The summed E-state index contributed by atoms with van der Waals surface area (Å²) in [6, 6.07) is 11.8. The van der Waals surface area contributed by atoms with Crippen LogP contribution in [0.15, 0.2) is 54.7 Å². The first-order valence-electron chi connectivity index (χ1n) is 9.27. The molecule has 2 heterocycles. The van der Waals surface area contributed by atoms with Crippen LogP contribution in [-0.4, -0.2) is 54.4 Å². The Kier molecular flexibility index (Phi) is 6.73. The molecule has 28 heavy (non-hydrogen) atoms. The lowest BCUT2D eigenvalue weighted by atomic mass is 10.2. The molecule has 1 fully saturated rings. The maximum atomic E-state index is 13.0. The zero-order valence-electron chi connectivity index (χ0n) is 15.6. The minimum absolute atomic E-state index is 0.0211. The summed E-state index contributed by atoms with van der Waals surface area (Å²) in [6.45, 7) is 2.93. The molecule has 1 aromatic carbocycles. The van der Waals surface area contributed by atoms with Gasteiger partial charge in [-0.3, -0.25) is 14.6 Å². The zero-order valence-corrected chi connectivity index (χ0v) is 15.6. The molecule has 0 bridgehead atoms. The van der Waals surface area contributed by atoms with Crippen LogP contribution in [-0.2, 0) is 9.59 Å². The van der Waals surface area contributed by atoms with Crippen LogP contribution in [0.25, 0.3) is 6.08 Å². The summed E-state index contributed by atoms with van der Waals surface area (Å²) < 4.78 is 13.0. The van der Waals surface area contributed by atoms with Crippen molar-refractivity contribution in [3.8, 4) is 0 Å². The number of hydrogen-bond donors (Lipinski definition) is 1. The number of amides is 2. The number of nitrogens with one attached hydrogen (secondary N) is 1. The van der Waals surface area contributed by atoms with Gasteiger partial charge >= 0.3 is 0 Å². The van der Waals surface area contributed by atoms with Crippen molar-refractivity contribution in [1.29, 1.82) is 0 Å². The zero-order chi connectivity index (χ0) is 19.8. The highest BCUT2D eigenvalue weighted by Crippen LogP contribution is 2.17. The second-order valence-corrected chi connectivity index (χ2v) is 6.47. The largest absolute Gasteiger partial charge is 0.368 e. The van der Waals surface area contributed by atoms with E-state index in [2.05, 4.69) is 15.2 Å². The van der Waals surface area contributed by atoms with Gasteiger partial charge in [0, 0.05) is 57.1 Å². The molecule has 7 heteroatoms. The highest BCUT2D eigenvalue weighted by atomic mass is 19.1. The molecule has 3 rings (SSSR count). The predicted octanol–water partition coefficient (Wildman–Crippen LogP) is 2.09. The number of piperazine rings is 1. The Hall–Kier alpha value is -3.22. The molecular weight excluding hydrogens is 359 g/mol. The average molecular weight is 382 g/mol. The number of nitrogens with zero attached hydrogens (tertiary/aromatic N) is 3. The number of pyridine rings is 1. The number of carbonyl (C=O) groups excluding carboxylic acids is 2. The number of hydrogen-bond acceptors (Lipinski definition) is 4. The smallest absolute Gasteiger partial charge is 0.244 e. The van der Waals surface area contributed by atoms with Crippen molar-refractivity contribution in [2.75, 3.05) is 37.6 Å². The van der Waals surface area contributed by atoms with E-state index in [1.54, 1.807) is 35.4 Å². The van der Waals surface area contributed by atoms with Gasteiger partial charge < -0.3 is 15.1 Å². The van der Waals surface area contributed by atoms with Crippen molar-refractivity contribution >= 4 is 23.6 Å². The summed E-state index contributed by atoms with van der Waals surface area (Å²) >= 11 is 0. The maximum Gasteiger partial charge on any atom is 0.244 e. The number of anilines is 1. The van der Waals surface area contributed by atoms with Crippen molar-refractivity contribution in [2.45, 2.75) is 6.42 Å². The Balaban J connectivity index is 1.37. The van der Waals surface area contributed by atoms with Crippen LogP contribution < -0.4 is 10.2 Å². The molecule has 2 aromatic rings. The van der Waals surface area contributed by atoms with Gasteiger partial charge in [0.25, 0.3) is 0 Å². The van der Waals surface area contributed by atoms with Crippen molar-refractivity contribution in [3.05, 3.63) is 66.2 Å². The van der Waals surface area contributed by atoms with E-state index in [-0.39, 0.29) is 24.1 Å². The molecule has 6 nitrogen and oxygen atoms in total. The highest BCUT2D eigenvalue weighted by molar-refractivity contribution is 5.91. The van der Waals surface area contributed by atoms with Gasteiger partial charge in [0.1, 0.15) is 5.82 Å². The monoisotopic (exact) mass is 382 g/mol. The molecule has 0 unspecified atom stereocenters. The Morgan fingerprint density at radius 3 is 2.50 bits per heavy atom. The van der Waals surface area contributed by atoms with Crippen LogP contribution in [0.5, 0.6) is 0 Å². The van der Waals surface area contributed by atoms with E-state index in [9.17, 15) is 14.0 Å². The molecule has 0 spiro atoms. The van der Waals surface area contributed by atoms with Crippen LogP contribution in [0.2, 0.25) is 0 Å². The third-order valence-electron chi connectivity index (χ3n) is 4.56. The summed E-state index contributed by atoms with van der Waals surface area (Å²) in [5.41, 5.74) is 1.66. The lowest BCUT2D eigenvalue weighted by molar-refractivity contribution is -0.131. The van der Waals surface area contributed by atoms with Gasteiger partial charge in [-0.2, -0.15) is 0 Å². The molecule has 1 N–H and O–H groups in total. The Labute approximate surface area is 163 Å². The van der Waals surface area contributed by atoms with E-state index in [1.807, 2.05) is 12.1 Å². The fourth-order valence-corrected chi connectivity index (χ4v) is 3.01. The van der Waals surface area contributed by atoms with E-state index in [1.165, 1.54) is 18.2 Å². The Morgan fingerprint density at radius 1 is 1.07 bits per heavy atom. The fourth-order valence-electron chi connectivity index (χ4n) is 3.01. The number of carbonyl (C=O) groups is 2. The van der Waals surface area contributed by atoms with Crippen LogP contribution in [0.1, 0.15) is 12.1 Å². The van der Waals surface area contributed by atoms with Gasteiger partial charge in [-0.15, -0.1) is 0 Å². The molecule has 0 aliphatic carbocycles. The van der Waals surface area contributed by atoms with Crippen LogP contribution in [0.3, 0.4) is 0 Å². The summed E-state index contributed by atoms with van der Waals surface area (Å²) in [6.07, 6.45) is 4.96. The van der Waals surface area contributed by atoms with E-state index in [4.69, 9.17) is 0 Å². The quantitative estimate of drug-likeness (QED) is 0.777. The second-order valence-electron chi connectivity index (χ2n) is 6.47. The van der Waals surface area contributed by atoms with Gasteiger partial charge in [-0.1, -0.05) is 6.07 Å². The molecule has 2 amide bonds. The lowest BCUT2D eigenvalue weighted by Gasteiger charge is -2.36. The lowest BCUT2D eigenvalue weighted by Crippen LogP contribution is -2.49. The van der Waals surface area contributed by atoms with Crippen LogP contribution in [0, 0.1) is 5.82 Å². The third kappa shape index (κ3) is 5.64. The molecule has 1 aliphatic rings. The summed E-state index contributed by atoms with van der Waals surface area (Å²) in [5, 5.41) is 2.72. The van der Waals surface area contributed by atoms with E-state index in [0.29, 0.717) is 38.4 Å². The van der Waals surface area contributed by atoms with Gasteiger partial charge in [-0.05, 0) is 42.5 Å². The normalized spacial score (nSPS) is 14.3. The molecule has 0 radical (unpaired) electrons. The Morgan fingerprint density at radius 2 is 1.82 bits per heavy atom. The summed E-state index contributed by atoms with van der Waals surface area (Å²) in [7, 11) is 0. The standard InChI is InChI=1S/C21H23FN4O2/c22-17-4-7-19(8-5-17)25-13-15-26(16-14-25)21(28)10-12-24-20(27)9-6-18-3-1-2-11-23-18/h1-9,11H,10,12-16H2,(H,24,27)/b9-6+. The van der Waals surface area contributed by atoms with Gasteiger partial charge in [0.2, 0.25) is 11.8 Å². The van der Waals surface area contributed by atoms with Crippen molar-refractivity contribution in [2.24, 2.45) is 0 Å². The van der Waals surface area contributed by atoms with Crippen molar-refractivity contribution < 1.29 is 14.0 Å². The Bertz CT molecular complexity index is 816. The van der Waals surface area contributed by atoms with Crippen LogP contribution >= 0.6 is 0 Å². The van der Waals surface area contributed by atoms with Gasteiger partial charge in [0.15, 0.2) is 0 Å². The predicted molar refractivity (Wildman–Crippen MR) is 106 cm³/mol. The summed E-state index contributed by atoms with van der Waals surface area (Å²) in [5.74, 6) is -0.484. The SMILES string of the molecule is O=C(/C=C/c1ccccn1)NCCC(=O)N1CCN(c2ccc(F)cc2)CC1. The topological polar surface area (TPSA) is 65.5 Å². The fraction of sp³-hybridized carbons (Fsp3) is 0.286. The first-order valence-corrected chi connectivity index (χ1v) is 9.27. The van der Waals surface area contributed by atoms with Gasteiger partial charge in [-0.25, -0.2) is 4.39 Å². The van der Waals surface area contributed by atoms with Crippen molar-refractivity contribution in [3.63, 3.8) is 0 Å². The minimum Gasteiger partial charge on any atom is -0.368 e. The first kappa shape index (κ1) is 19.5. The van der Waals surface area contributed by atoms with E-state index in [0.717, 1.165) is 5.69 Å². The number of halogens is 1. The summed E-state index contributed by atoms with van der Waals surface area (Å²) in [4.78, 5) is 32.2. The van der Waals surface area contributed by atoms with E-state index >= 15 is 0 Å². The number of rotatable bonds is 6. The highest BCUT2D eigenvalue weighted by Gasteiger charge is 2.21. The molecule has 0 saturated carbocycles. The van der Waals surface area contributed by atoms with Crippen LogP contribution in [0.4, 0.5) is 10.1 Å². The second kappa shape index (κ2) is 9.64. The van der Waals surface area contributed by atoms with Crippen molar-refractivity contribution in [1.82, 2.24) is 15.2 Å². The maximum absolute atomic E-state index is 13.0. The van der Waals surface area contributed by atoms with E-state index < -0.39 is 0 Å². The molecule has 146 valence electrons. The average Bonchev–Trinajstić information content (AvgIpc) is 2.73. The molecule has 1 aliphatic heterocycles. The third-order valence-corrected chi connectivity index (χ3v) is 4.56.